The summed E-state index contributed by atoms with van der Waals surface area (Å²) in [5.74, 6) is -1.95. The molecule has 3 atom stereocenters. The number of amides is 1. The second-order valence-corrected chi connectivity index (χ2v) is 10.9. The van der Waals surface area contributed by atoms with E-state index in [1.807, 2.05) is 0 Å². The van der Waals surface area contributed by atoms with Gasteiger partial charge in [0.1, 0.15) is 11.2 Å². The quantitative estimate of drug-likeness (QED) is 0.397. The molecule has 37 heavy (non-hydrogen) atoms. The summed E-state index contributed by atoms with van der Waals surface area (Å²) < 4.78 is 68.7. The maximum absolute atomic E-state index is 14.8. The topological polar surface area (TPSA) is 57.6 Å². The monoisotopic (exact) mass is 521 g/mol. The number of nitrogens with zero attached hydrogens (tertiary/aromatic N) is 1. The number of halogens is 5. The van der Waals surface area contributed by atoms with Crippen molar-refractivity contribution in [2.75, 3.05) is 6.54 Å². The lowest BCUT2D eigenvalue weighted by atomic mass is 9.63. The Labute approximate surface area is 211 Å². The van der Waals surface area contributed by atoms with Crippen molar-refractivity contribution in [2.45, 2.75) is 75.2 Å². The second-order valence-electron chi connectivity index (χ2n) is 10.9. The van der Waals surface area contributed by atoms with Crippen LogP contribution in [0.4, 0.5) is 22.0 Å². The Balaban J connectivity index is 1.58. The molecule has 1 heterocycles. The van der Waals surface area contributed by atoms with Crippen LogP contribution in [0.25, 0.3) is 0 Å². The molecule has 1 unspecified atom stereocenters. The molecular weight excluding hydrogens is 493 g/mol. The number of hydrogen-bond donors (Lipinski definition) is 1. The Hall–Kier alpha value is -2.97. The molecule has 0 radical (unpaired) electrons. The Kier molecular flexibility index (Phi) is 5.92. The van der Waals surface area contributed by atoms with Gasteiger partial charge in [0.25, 0.3) is 0 Å². The SMILES string of the molecule is CC(F)(c1ccc2c(c1)CC[C@H]1N(C(=O)C3(C(=O)O)CCC3)CC[C@@]21Cc1ccc(F)cc1)C(F)(F)F. The molecule has 5 rings (SSSR count). The number of hydrogen-bond acceptors (Lipinski definition) is 2. The van der Waals surface area contributed by atoms with Crippen molar-refractivity contribution in [1.29, 1.82) is 0 Å². The number of carboxylic acid groups (broad SMARTS) is 1. The van der Waals surface area contributed by atoms with Gasteiger partial charge in [-0.05, 0) is 79.8 Å². The van der Waals surface area contributed by atoms with E-state index in [1.54, 1.807) is 17.0 Å². The standard InChI is InChI=1S/C28H28F5NO3/c1-25(30,28(31,32)33)19-6-9-21-18(15-19)5-10-22-27(21,16-17-3-7-20(29)8-4-17)13-14-34(22)23(35)26(24(36)37)11-2-12-26/h3-4,6-9,15,22H,2,5,10-14,16H2,1H3,(H,36,37)/t22-,25?,27-/m1/s1. The van der Waals surface area contributed by atoms with Crippen LogP contribution in [0.2, 0.25) is 0 Å². The zero-order valence-corrected chi connectivity index (χ0v) is 20.4. The third-order valence-electron chi connectivity index (χ3n) is 8.94. The smallest absolute Gasteiger partial charge is 0.426 e. The fourth-order valence-corrected chi connectivity index (χ4v) is 6.56. The average molecular weight is 522 g/mol. The van der Waals surface area contributed by atoms with Crippen molar-refractivity contribution < 1.29 is 36.6 Å². The Morgan fingerprint density at radius 3 is 2.30 bits per heavy atom. The largest absolute Gasteiger partial charge is 0.480 e. The summed E-state index contributed by atoms with van der Waals surface area (Å²) in [5.41, 5.74) is -4.01. The lowest BCUT2D eigenvalue weighted by Gasteiger charge is -2.46. The fourth-order valence-electron chi connectivity index (χ4n) is 6.56. The van der Waals surface area contributed by atoms with Gasteiger partial charge < -0.3 is 10.0 Å². The number of carbonyl (C=O) groups excluding carboxylic acids is 1. The van der Waals surface area contributed by atoms with E-state index in [1.165, 1.54) is 24.3 Å². The van der Waals surface area contributed by atoms with Gasteiger partial charge in [0, 0.05) is 18.0 Å². The van der Waals surface area contributed by atoms with E-state index < -0.39 is 45.9 Å². The summed E-state index contributed by atoms with van der Waals surface area (Å²) in [7, 11) is 0. The second kappa shape index (κ2) is 8.53. The van der Waals surface area contributed by atoms with Gasteiger partial charge in [-0.15, -0.1) is 0 Å². The van der Waals surface area contributed by atoms with Gasteiger partial charge in [-0.1, -0.05) is 36.8 Å². The van der Waals surface area contributed by atoms with Crippen LogP contribution >= 0.6 is 0 Å². The summed E-state index contributed by atoms with van der Waals surface area (Å²) in [6, 6.07) is 9.54. The molecule has 4 nitrogen and oxygen atoms in total. The van der Waals surface area contributed by atoms with Crippen LogP contribution in [0.1, 0.15) is 61.3 Å². The molecule has 198 valence electrons. The third kappa shape index (κ3) is 3.84. The van der Waals surface area contributed by atoms with Crippen molar-refractivity contribution in [3.05, 3.63) is 70.5 Å². The number of aryl methyl sites for hydroxylation is 1. The predicted molar refractivity (Wildman–Crippen MR) is 125 cm³/mol. The van der Waals surface area contributed by atoms with E-state index >= 15 is 0 Å². The van der Waals surface area contributed by atoms with Crippen molar-refractivity contribution in [1.82, 2.24) is 4.90 Å². The Morgan fingerprint density at radius 2 is 1.73 bits per heavy atom. The zero-order chi connectivity index (χ0) is 26.8. The lowest BCUT2D eigenvalue weighted by Crippen LogP contribution is -2.57. The maximum atomic E-state index is 14.8. The van der Waals surface area contributed by atoms with Crippen LogP contribution in [-0.4, -0.2) is 40.6 Å². The zero-order valence-electron chi connectivity index (χ0n) is 20.4. The molecule has 0 aromatic heterocycles. The molecule has 0 spiro atoms. The van der Waals surface area contributed by atoms with Gasteiger partial charge in [0.05, 0.1) is 0 Å². The lowest BCUT2D eigenvalue weighted by molar-refractivity contribution is -0.228. The molecule has 3 aliphatic rings. The molecule has 1 N–H and O–H groups in total. The highest BCUT2D eigenvalue weighted by Crippen LogP contribution is 2.53. The number of likely N-dealkylation sites (tertiary alicyclic amines) is 1. The molecule has 1 saturated heterocycles. The highest BCUT2D eigenvalue weighted by atomic mass is 19.4. The van der Waals surface area contributed by atoms with E-state index in [0.717, 1.165) is 17.2 Å². The fraction of sp³-hybridized carbons (Fsp3) is 0.500. The summed E-state index contributed by atoms with van der Waals surface area (Å²) in [5, 5.41) is 9.86. The average Bonchev–Trinajstić information content (AvgIpc) is 3.17. The van der Waals surface area contributed by atoms with Gasteiger partial charge in [0.15, 0.2) is 0 Å². The van der Waals surface area contributed by atoms with Crippen LogP contribution < -0.4 is 0 Å². The highest BCUT2D eigenvalue weighted by molar-refractivity contribution is 6.03. The Bertz CT molecular complexity index is 1240. The first-order valence-electron chi connectivity index (χ1n) is 12.5. The highest BCUT2D eigenvalue weighted by Gasteiger charge is 2.60. The Morgan fingerprint density at radius 1 is 1.05 bits per heavy atom. The molecular formula is C28H28F5NO3. The first kappa shape index (κ1) is 25.7. The van der Waals surface area contributed by atoms with E-state index in [-0.39, 0.29) is 18.9 Å². The van der Waals surface area contributed by atoms with Crippen molar-refractivity contribution >= 4 is 11.9 Å². The van der Waals surface area contributed by atoms with Gasteiger partial charge in [-0.2, -0.15) is 13.2 Å². The summed E-state index contributed by atoms with van der Waals surface area (Å²) in [6.07, 6.45) is -2.26. The van der Waals surface area contributed by atoms with Gasteiger partial charge in [-0.25, -0.2) is 8.78 Å². The number of alkyl halides is 4. The normalized spacial score (nSPS) is 26.0. The number of benzene rings is 2. The van der Waals surface area contributed by atoms with E-state index in [0.29, 0.717) is 51.1 Å². The molecule has 9 heteroatoms. The van der Waals surface area contributed by atoms with Crippen molar-refractivity contribution in [2.24, 2.45) is 5.41 Å². The van der Waals surface area contributed by atoms with Gasteiger partial charge in [-0.3, -0.25) is 9.59 Å². The molecule has 2 aliphatic carbocycles. The van der Waals surface area contributed by atoms with Crippen LogP contribution in [-0.2, 0) is 33.5 Å². The van der Waals surface area contributed by atoms with Crippen molar-refractivity contribution in [3.8, 4) is 0 Å². The number of rotatable bonds is 5. The molecule has 2 aromatic carbocycles. The summed E-state index contributed by atoms with van der Waals surface area (Å²) in [4.78, 5) is 27.3. The predicted octanol–water partition coefficient (Wildman–Crippen LogP) is 5.86. The summed E-state index contributed by atoms with van der Waals surface area (Å²) in [6.45, 7) is 0.818. The van der Waals surface area contributed by atoms with Gasteiger partial charge >= 0.3 is 12.1 Å². The minimum Gasteiger partial charge on any atom is -0.480 e. The maximum Gasteiger partial charge on any atom is 0.426 e. The van der Waals surface area contributed by atoms with Crippen LogP contribution in [0.15, 0.2) is 42.5 Å². The first-order chi connectivity index (χ1) is 17.3. The minimum absolute atomic E-state index is 0.280. The molecule has 2 aromatic rings. The van der Waals surface area contributed by atoms with Crippen LogP contribution in [0.3, 0.4) is 0 Å². The minimum atomic E-state index is -5.07. The van der Waals surface area contributed by atoms with Gasteiger partial charge in [0.2, 0.25) is 11.6 Å². The first-order valence-corrected chi connectivity index (χ1v) is 12.5. The number of fused-ring (bicyclic) bond motifs is 3. The van der Waals surface area contributed by atoms with Crippen molar-refractivity contribution in [3.63, 3.8) is 0 Å². The van der Waals surface area contributed by atoms with E-state index in [2.05, 4.69) is 0 Å². The van der Waals surface area contributed by atoms with Crippen LogP contribution in [0, 0.1) is 11.2 Å². The molecule has 1 aliphatic heterocycles. The number of aliphatic carboxylic acids is 1. The molecule has 2 fully saturated rings. The van der Waals surface area contributed by atoms with E-state index in [9.17, 15) is 36.6 Å². The number of carboxylic acids is 1. The summed E-state index contributed by atoms with van der Waals surface area (Å²) >= 11 is 0. The van der Waals surface area contributed by atoms with E-state index in [4.69, 9.17) is 0 Å². The number of carbonyl (C=O) groups is 2. The van der Waals surface area contributed by atoms with Crippen LogP contribution in [0.5, 0.6) is 0 Å². The third-order valence-corrected chi connectivity index (χ3v) is 8.94. The molecule has 1 saturated carbocycles. The molecule has 1 amide bonds. The molecule has 0 bridgehead atoms.